The lowest BCUT2D eigenvalue weighted by Crippen LogP contribution is -2.22. The highest BCUT2D eigenvalue weighted by molar-refractivity contribution is 5.87. The van der Waals surface area contributed by atoms with Crippen molar-refractivity contribution in [2.75, 3.05) is 6.61 Å². The Kier molecular flexibility index (Phi) is 4.60. The third-order valence-corrected chi connectivity index (χ3v) is 2.89. The van der Waals surface area contributed by atoms with E-state index in [0.29, 0.717) is 0 Å². The third-order valence-electron chi connectivity index (χ3n) is 2.89. The first-order valence-corrected chi connectivity index (χ1v) is 7.01. The molecule has 0 radical (unpaired) electrons. The zero-order valence-corrected chi connectivity index (χ0v) is 12.3. The molecule has 0 saturated carbocycles. The van der Waals surface area contributed by atoms with Crippen LogP contribution in [0.5, 0.6) is 0 Å². The molecule has 110 valence electrons. The molecule has 0 bridgehead atoms. The fourth-order valence-corrected chi connectivity index (χ4v) is 2.03. The largest absolute Gasteiger partial charge is 0.457 e. The monoisotopic (exact) mass is 278 g/mol. The fourth-order valence-electron chi connectivity index (χ4n) is 2.03. The molecule has 1 unspecified atom stereocenters. The molecule has 1 saturated heterocycles. The van der Waals surface area contributed by atoms with Crippen LogP contribution in [0.1, 0.15) is 51.8 Å². The number of ether oxygens (including phenoxy) is 2. The summed E-state index contributed by atoms with van der Waals surface area (Å²) < 4.78 is 12.7. The van der Waals surface area contributed by atoms with Gasteiger partial charge in [0.15, 0.2) is 0 Å². The number of aromatic nitrogens is 2. The molecule has 1 aromatic heterocycles. The lowest BCUT2D eigenvalue weighted by atomic mass is 10.2. The Morgan fingerprint density at radius 1 is 1.50 bits per heavy atom. The van der Waals surface area contributed by atoms with Crippen LogP contribution in [0.2, 0.25) is 0 Å². The number of esters is 1. The first kappa shape index (κ1) is 14.8. The van der Waals surface area contributed by atoms with Crippen molar-refractivity contribution in [2.24, 2.45) is 0 Å². The molecule has 5 nitrogen and oxygen atoms in total. The van der Waals surface area contributed by atoms with E-state index in [1.54, 1.807) is 12.3 Å². The molecule has 1 aliphatic heterocycles. The van der Waals surface area contributed by atoms with Crippen molar-refractivity contribution in [3.63, 3.8) is 0 Å². The van der Waals surface area contributed by atoms with Crippen LogP contribution in [0, 0.1) is 0 Å². The molecule has 2 heterocycles. The molecule has 20 heavy (non-hydrogen) atoms. The number of hydrogen-bond acceptors (Lipinski definition) is 4. The summed E-state index contributed by atoms with van der Waals surface area (Å²) in [6.07, 6.45) is 10.0. The predicted octanol–water partition coefficient (Wildman–Crippen LogP) is 2.94. The van der Waals surface area contributed by atoms with Crippen LogP contribution in [-0.2, 0) is 14.3 Å². The molecule has 1 atom stereocenters. The topological polar surface area (TPSA) is 53.3 Å². The fraction of sp³-hybridized carbons (Fsp3) is 0.600. The highest BCUT2D eigenvalue weighted by Gasteiger charge is 2.16. The Morgan fingerprint density at radius 2 is 2.30 bits per heavy atom. The maximum absolute atomic E-state index is 11.6. The lowest BCUT2D eigenvalue weighted by molar-refractivity contribution is -0.148. The van der Waals surface area contributed by atoms with Gasteiger partial charge in [-0.1, -0.05) is 0 Å². The number of nitrogens with zero attached hydrogens (tertiary/aromatic N) is 2. The summed E-state index contributed by atoms with van der Waals surface area (Å²) in [5.41, 5.74) is 0.395. The minimum atomic E-state index is -0.471. The van der Waals surface area contributed by atoms with Gasteiger partial charge in [-0.3, -0.25) is 0 Å². The van der Waals surface area contributed by atoms with Gasteiger partial charge in [0.1, 0.15) is 11.8 Å². The SMILES string of the molecule is CC(C)(C)OC(=O)C=Cc1cnn(C2CCCCO2)c1. The maximum atomic E-state index is 11.6. The normalized spacial score (nSPS) is 20.2. The lowest BCUT2D eigenvalue weighted by Gasteiger charge is -2.22. The zero-order chi connectivity index (χ0) is 14.6. The highest BCUT2D eigenvalue weighted by atomic mass is 16.6. The van der Waals surface area contributed by atoms with Crippen LogP contribution in [0.25, 0.3) is 6.08 Å². The van der Waals surface area contributed by atoms with Crippen LogP contribution in [0.3, 0.4) is 0 Å². The van der Waals surface area contributed by atoms with Crippen molar-refractivity contribution >= 4 is 12.0 Å². The molecule has 0 spiro atoms. The van der Waals surface area contributed by atoms with Gasteiger partial charge >= 0.3 is 5.97 Å². The minimum Gasteiger partial charge on any atom is -0.457 e. The van der Waals surface area contributed by atoms with Crippen LogP contribution < -0.4 is 0 Å². The summed E-state index contributed by atoms with van der Waals surface area (Å²) in [6, 6.07) is 0. The van der Waals surface area contributed by atoms with Gasteiger partial charge in [0, 0.05) is 24.4 Å². The van der Waals surface area contributed by atoms with E-state index in [4.69, 9.17) is 9.47 Å². The Hall–Kier alpha value is -1.62. The zero-order valence-electron chi connectivity index (χ0n) is 12.3. The number of carbonyl (C=O) groups excluding carboxylic acids is 1. The van der Waals surface area contributed by atoms with Crippen molar-refractivity contribution in [2.45, 2.75) is 51.9 Å². The van der Waals surface area contributed by atoms with E-state index in [-0.39, 0.29) is 12.2 Å². The van der Waals surface area contributed by atoms with Gasteiger partial charge in [-0.05, 0) is 46.1 Å². The molecule has 1 aliphatic rings. The van der Waals surface area contributed by atoms with Gasteiger partial charge in [0.05, 0.1) is 6.20 Å². The van der Waals surface area contributed by atoms with E-state index >= 15 is 0 Å². The van der Waals surface area contributed by atoms with Gasteiger partial charge in [0.25, 0.3) is 0 Å². The summed E-state index contributed by atoms with van der Waals surface area (Å²) in [7, 11) is 0. The van der Waals surface area contributed by atoms with Gasteiger partial charge in [0.2, 0.25) is 0 Å². The van der Waals surface area contributed by atoms with Crippen molar-refractivity contribution in [1.29, 1.82) is 0 Å². The summed E-state index contributed by atoms with van der Waals surface area (Å²) >= 11 is 0. The van der Waals surface area contributed by atoms with Gasteiger partial charge in [-0.15, -0.1) is 0 Å². The highest BCUT2D eigenvalue weighted by Crippen LogP contribution is 2.22. The standard InChI is InChI=1S/C15H22N2O3/c1-15(2,3)20-14(18)8-7-12-10-16-17(11-12)13-6-4-5-9-19-13/h7-8,10-11,13H,4-6,9H2,1-3H3. The maximum Gasteiger partial charge on any atom is 0.331 e. The van der Waals surface area contributed by atoms with E-state index in [2.05, 4.69) is 5.10 Å². The van der Waals surface area contributed by atoms with E-state index in [0.717, 1.165) is 31.4 Å². The molecule has 0 amide bonds. The van der Waals surface area contributed by atoms with Gasteiger partial charge in [-0.25, -0.2) is 9.48 Å². The second-order valence-corrected chi connectivity index (χ2v) is 5.94. The van der Waals surface area contributed by atoms with Crippen LogP contribution in [-0.4, -0.2) is 28.0 Å². The summed E-state index contributed by atoms with van der Waals surface area (Å²) in [6.45, 7) is 6.32. The molecule has 5 heteroatoms. The summed E-state index contributed by atoms with van der Waals surface area (Å²) in [4.78, 5) is 11.6. The Balaban J connectivity index is 1.93. The summed E-state index contributed by atoms with van der Waals surface area (Å²) in [5, 5.41) is 4.28. The molecule has 0 N–H and O–H groups in total. The molecule has 1 fully saturated rings. The van der Waals surface area contributed by atoms with Crippen molar-refractivity contribution in [3.8, 4) is 0 Å². The minimum absolute atomic E-state index is 0.0208. The molecule has 0 aromatic carbocycles. The Bertz CT molecular complexity index is 480. The second-order valence-electron chi connectivity index (χ2n) is 5.94. The van der Waals surface area contributed by atoms with E-state index in [9.17, 15) is 4.79 Å². The first-order chi connectivity index (χ1) is 9.44. The Morgan fingerprint density at radius 3 is 2.95 bits per heavy atom. The predicted molar refractivity (Wildman–Crippen MR) is 75.9 cm³/mol. The van der Waals surface area contributed by atoms with Crippen molar-refractivity contribution < 1.29 is 14.3 Å². The average molecular weight is 278 g/mol. The van der Waals surface area contributed by atoms with E-state index in [1.807, 2.05) is 31.6 Å². The number of carbonyl (C=O) groups is 1. The molecule has 2 rings (SSSR count). The molecular weight excluding hydrogens is 256 g/mol. The molecule has 0 aliphatic carbocycles. The van der Waals surface area contributed by atoms with Crippen LogP contribution in [0.15, 0.2) is 18.5 Å². The number of hydrogen-bond donors (Lipinski definition) is 0. The second kappa shape index (κ2) is 6.22. The number of rotatable bonds is 3. The van der Waals surface area contributed by atoms with Crippen molar-refractivity contribution in [1.82, 2.24) is 9.78 Å². The van der Waals surface area contributed by atoms with Gasteiger partial charge < -0.3 is 9.47 Å². The van der Waals surface area contributed by atoms with E-state index < -0.39 is 5.60 Å². The molecule has 1 aromatic rings. The molecular formula is C15H22N2O3. The average Bonchev–Trinajstić information content (AvgIpc) is 2.84. The van der Waals surface area contributed by atoms with Crippen molar-refractivity contribution in [3.05, 3.63) is 24.0 Å². The Labute approximate surface area is 119 Å². The quantitative estimate of drug-likeness (QED) is 0.630. The van der Waals surface area contributed by atoms with E-state index in [1.165, 1.54) is 6.08 Å². The summed E-state index contributed by atoms with van der Waals surface area (Å²) in [5.74, 6) is -0.348. The van der Waals surface area contributed by atoms with Crippen LogP contribution >= 0.6 is 0 Å². The first-order valence-electron chi connectivity index (χ1n) is 7.01. The smallest absolute Gasteiger partial charge is 0.331 e. The van der Waals surface area contributed by atoms with Gasteiger partial charge in [-0.2, -0.15) is 5.10 Å². The van der Waals surface area contributed by atoms with Crippen LogP contribution in [0.4, 0.5) is 0 Å². The third kappa shape index (κ3) is 4.49.